The van der Waals surface area contributed by atoms with Crippen molar-refractivity contribution in [2.24, 2.45) is 0 Å². The van der Waals surface area contributed by atoms with Gasteiger partial charge in [0.2, 0.25) is 0 Å². The fourth-order valence-corrected chi connectivity index (χ4v) is 1.49. The molecule has 0 N–H and O–H groups in total. The van der Waals surface area contributed by atoms with Gasteiger partial charge in [-0.2, -0.15) is 6.42 Å². The van der Waals surface area contributed by atoms with E-state index in [4.69, 9.17) is 0 Å². The summed E-state index contributed by atoms with van der Waals surface area (Å²) in [6.45, 7) is 6.12. The summed E-state index contributed by atoms with van der Waals surface area (Å²) in [7, 11) is 0. The number of halogens is 1. The molecule has 0 aromatic rings. The van der Waals surface area contributed by atoms with Gasteiger partial charge in [-0.25, -0.2) is 0 Å². The third kappa shape index (κ3) is 19.1. The van der Waals surface area contributed by atoms with E-state index in [1.807, 2.05) is 0 Å². The van der Waals surface area contributed by atoms with Crippen LogP contribution >= 0.6 is 17.0 Å². The number of unbranched alkanes of at least 4 members (excludes halogenated alkanes) is 9. The van der Waals surface area contributed by atoms with Gasteiger partial charge < -0.3 is 6.92 Å². The van der Waals surface area contributed by atoms with Gasteiger partial charge in [-0.1, -0.05) is 64.7 Å². The molecule has 0 aliphatic rings. The van der Waals surface area contributed by atoms with Gasteiger partial charge in [-0.3, -0.25) is 0 Å². The molecule has 0 nitrogen and oxygen atoms in total. The maximum absolute atomic E-state index is 3.84. The Morgan fingerprint density at radius 2 is 1.07 bits per heavy atom. The second kappa shape index (κ2) is 19.9. The SMILES string of the molecule is Br.[CH2-]CCCCCCCCCCC.[Cd]. The van der Waals surface area contributed by atoms with Crippen molar-refractivity contribution in [3.05, 3.63) is 6.92 Å². The Balaban J connectivity index is -0.000000605. The molecule has 14 heavy (non-hydrogen) atoms. The Kier molecular flexibility index (Phi) is 29.5. The first kappa shape index (κ1) is 20.8. The van der Waals surface area contributed by atoms with Crippen molar-refractivity contribution in [1.29, 1.82) is 0 Å². The number of rotatable bonds is 9. The molecule has 0 unspecified atom stereocenters. The van der Waals surface area contributed by atoms with Gasteiger partial charge in [-0.05, 0) is 0 Å². The van der Waals surface area contributed by atoms with E-state index in [-0.39, 0.29) is 44.3 Å². The van der Waals surface area contributed by atoms with Crippen molar-refractivity contribution < 1.29 is 27.3 Å². The van der Waals surface area contributed by atoms with Crippen LogP contribution in [0.15, 0.2) is 0 Å². The summed E-state index contributed by atoms with van der Waals surface area (Å²) in [4.78, 5) is 0. The molecule has 0 aliphatic heterocycles. The van der Waals surface area contributed by atoms with E-state index < -0.39 is 0 Å². The van der Waals surface area contributed by atoms with E-state index in [9.17, 15) is 0 Å². The Morgan fingerprint density at radius 1 is 0.714 bits per heavy atom. The predicted molar refractivity (Wildman–Crippen MR) is 67.5 cm³/mol. The van der Waals surface area contributed by atoms with Crippen LogP contribution in [0.4, 0.5) is 0 Å². The molecule has 0 spiro atoms. The molecule has 2 heteroatoms. The Morgan fingerprint density at radius 3 is 1.43 bits per heavy atom. The Hall–Kier alpha value is 1.40. The summed E-state index contributed by atoms with van der Waals surface area (Å²) in [5.74, 6) is 0. The molecule has 0 aromatic heterocycles. The molecule has 0 amide bonds. The van der Waals surface area contributed by atoms with Crippen molar-refractivity contribution in [3.63, 3.8) is 0 Å². The van der Waals surface area contributed by atoms with Crippen LogP contribution in [0.5, 0.6) is 0 Å². The summed E-state index contributed by atoms with van der Waals surface area (Å²) in [6.07, 6.45) is 13.9. The van der Waals surface area contributed by atoms with Crippen molar-refractivity contribution in [2.75, 3.05) is 0 Å². The van der Waals surface area contributed by atoms with Gasteiger partial charge in [0, 0.05) is 27.3 Å². The van der Waals surface area contributed by atoms with Crippen LogP contribution in [0, 0.1) is 6.92 Å². The standard InChI is InChI=1S/C12H25.BrH.Cd/c1-3-5-7-9-11-12-10-8-6-4-2;;/h1,3-12H2,2H3;1H;/q-1;;. The van der Waals surface area contributed by atoms with E-state index in [0.29, 0.717) is 0 Å². The van der Waals surface area contributed by atoms with E-state index in [1.165, 1.54) is 57.8 Å². The largest absolute Gasteiger partial charge is 0.343 e. The second-order valence-corrected chi connectivity index (χ2v) is 3.68. The van der Waals surface area contributed by atoms with Crippen molar-refractivity contribution >= 4 is 17.0 Å². The fraction of sp³-hybridized carbons (Fsp3) is 0.917. The van der Waals surface area contributed by atoms with Crippen LogP contribution in [-0.4, -0.2) is 0 Å². The molecule has 0 bridgehead atoms. The molecule has 0 aromatic carbocycles. The van der Waals surface area contributed by atoms with Gasteiger partial charge in [0.15, 0.2) is 0 Å². The molecular formula is C12H26BrCd-. The fourth-order valence-electron chi connectivity index (χ4n) is 1.49. The van der Waals surface area contributed by atoms with Crippen LogP contribution in [-0.2, 0) is 27.3 Å². The molecule has 0 rings (SSSR count). The Labute approximate surface area is 122 Å². The molecule has 0 fully saturated rings. The third-order valence-electron chi connectivity index (χ3n) is 2.35. The first-order chi connectivity index (χ1) is 5.91. The third-order valence-corrected chi connectivity index (χ3v) is 2.35. The van der Waals surface area contributed by atoms with Crippen molar-refractivity contribution in [3.8, 4) is 0 Å². The molecule has 0 radical (unpaired) electrons. The normalized spacial score (nSPS) is 9.00. The second-order valence-electron chi connectivity index (χ2n) is 3.68. The maximum Gasteiger partial charge on any atom is 0 e. The first-order valence-electron chi connectivity index (χ1n) is 5.71. The smallest absolute Gasteiger partial charge is 0 e. The summed E-state index contributed by atoms with van der Waals surface area (Å²) in [6, 6.07) is 0. The van der Waals surface area contributed by atoms with Gasteiger partial charge in [-0.15, -0.1) is 17.0 Å². The van der Waals surface area contributed by atoms with E-state index >= 15 is 0 Å². The molecule has 0 saturated carbocycles. The summed E-state index contributed by atoms with van der Waals surface area (Å²) < 4.78 is 0. The van der Waals surface area contributed by atoms with Gasteiger partial charge >= 0.3 is 0 Å². The average molecular weight is 363 g/mol. The van der Waals surface area contributed by atoms with Crippen LogP contribution in [0.25, 0.3) is 0 Å². The maximum atomic E-state index is 3.84. The molecule has 0 heterocycles. The monoisotopic (exact) mass is 363 g/mol. The van der Waals surface area contributed by atoms with E-state index in [1.54, 1.807) is 0 Å². The molecule has 0 atom stereocenters. The van der Waals surface area contributed by atoms with Gasteiger partial charge in [0.25, 0.3) is 0 Å². The van der Waals surface area contributed by atoms with Crippen molar-refractivity contribution in [1.82, 2.24) is 0 Å². The zero-order valence-electron chi connectivity index (χ0n) is 9.89. The van der Waals surface area contributed by atoms with Gasteiger partial charge in [0.1, 0.15) is 0 Å². The van der Waals surface area contributed by atoms with Gasteiger partial charge in [0.05, 0.1) is 0 Å². The molecule has 0 aliphatic carbocycles. The number of hydrogen-bond donors (Lipinski definition) is 0. The molecule has 84 valence electrons. The minimum Gasteiger partial charge on any atom is -0.343 e. The van der Waals surface area contributed by atoms with Crippen LogP contribution in [0.3, 0.4) is 0 Å². The van der Waals surface area contributed by atoms with Crippen LogP contribution < -0.4 is 0 Å². The topological polar surface area (TPSA) is 0 Å². The molecule has 0 saturated heterocycles. The minimum absolute atomic E-state index is 0. The zero-order valence-corrected chi connectivity index (χ0v) is 15.6. The zero-order chi connectivity index (χ0) is 9.07. The predicted octanol–water partition coefficient (Wildman–Crippen LogP) is 5.32. The summed E-state index contributed by atoms with van der Waals surface area (Å²) in [5.41, 5.74) is 0. The summed E-state index contributed by atoms with van der Waals surface area (Å²) >= 11 is 0. The van der Waals surface area contributed by atoms with Crippen LogP contribution in [0.2, 0.25) is 0 Å². The van der Waals surface area contributed by atoms with E-state index in [0.717, 1.165) is 6.42 Å². The van der Waals surface area contributed by atoms with Crippen molar-refractivity contribution in [2.45, 2.75) is 71.1 Å². The summed E-state index contributed by atoms with van der Waals surface area (Å²) in [5, 5.41) is 0. The first-order valence-corrected chi connectivity index (χ1v) is 5.71. The average Bonchev–Trinajstić information content (AvgIpc) is 2.10. The minimum atomic E-state index is 0. The van der Waals surface area contributed by atoms with Crippen LogP contribution in [0.1, 0.15) is 71.1 Å². The quantitative estimate of drug-likeness (QED) is 0.296. The molecular weight excluding hydrogens is 336 g/mol. The number of hydrogen-bond acceptors (Lipinski definition) is 0. The van der Waals surface area contributed by atoms with E-state index in [2.05, 4.69) is 13.8 Å². The Bertz CT molecular complexity index is 66.7.